The Hall–Kier alpha value is -3.88. The average Bonchev–Trinajstić information content (AvgIpc) is 3.29. The van der Waals surface area contributed by atoms with Crippen LogP contribution < -0.4 is 14.8 Å². The first-order valence-electron chi connectivity index (χ1n) is 12.4. The molecule has 2 aromatic heterocycles. The van der Waals surface area contributed by atoms with Crippen LogP contribution in [0.1, 0.15) is 31.2 Å². The van der Waals surface area contributed by atoms with Crippen molar-refractivity contribution in [1.29, 1.82) is 0 Å². The molecule has 36 heavy (non-hydrogen) atoms. The van der Waals surface area contributed by atoms with Crippen molar-refractivity contribution in [2.45, 2.75) is 51.4 Å². The van der Waals surface area contributed by atoms with E-state index >= 15 is 0 Å². The molecule has 2 aliphatic rings. The lowest BCUT2D eigenvalue weighted by Gasteiger charge is -2.34. The number of likely N-dealkylation sites (tertiary alicyclic amines) is 1. The van der Waals surface area contributed by atoms with E-state index in [1.54, 1.807) is 29.5 Å². The Labute approximate surface area is 210 Å². The lowest BCUT2D eigenvalue weighted by atomic mass is 9.81. The largest absolute Gasteiger partial charge is 0.490 e. The molecule has 3 aromatic rings. The van der Waals surface area contributed by atoms with Crippen molar-refractivity contribution in [2.24, 2.45) is 5.92 Å². The van der Waals surface area contributed by atoms with E-state index < -0.39 is 0 Å². The zero-order valence-corrected chi connectivity index (χ0v) is 20.4. The number of anilines is 1. The number of piperidine rings is 1. The highest BCUT2D eigenvalue weighted by Gasteiger charge is 2.36. The maximum Gasteiger partial charge on any atom is 0.244 e. The van der Waals surface area contributed by atoms with Crippen molar-refractivity contribution in [3.63, 3.8) is 0 Å². The van der Waals surface area contributed by atoms with Crippen LogP contribution in [0.15, 0.2) is 61.2 Å². The van der Waals surface area contributed by atoms with Crippen LogP contribution in [0, 0.1) is 12.8 Å². The molecule has 9 heteroatoms. The number of nitrogens with one attached hydrogen (secondary N) is 1. The second kappa shape index (κ2) is 10.8. The maximum atomic E-state index is 12.9. The minimum atomic E-state index is -0.0966. The van der Waals surface area contributed by atoms with E-state index in [0.717, 1.165) is 24.3 Å². The van der Waals surface area contributed by atoms with Crippen molar-refractivity contribution in [2.75, 3.05) is 18.4 Å². The fourth-order valence-corrected chi connectivity index (χ4v) is 4.55. The van der Waals surface area contributed by atoms with Crippen LogP contribution in [-0.4, -0.2) is 56.8 Å². The summed E-state index contributed by atoms with van der Waals surface area (Å²) in [5.74, 6) is 1.43. The van der Waals surface area contributed by atoms with Gasteiger partial charge >= 0.3 is 0 Å². The summed E-state index contributed by atoms with van der Waals surface area (Å²) in [5, 5.41) is 7.17. The van der Waals surface area contributed by atoms with Gasteiger partial charge < -0.3 is 19.7 Å². The first-order chi connectivity index (χ1) is 17.5. The summed E-state index contributed by atoms with van der Waals surface area (Å²) >= 11 is 0. The van der Waals surface area contributed by atoms with Gasteiger partial charge in [0.1, 0.15) is 30.3 Å². The zero-order valence-electron chi connectivity index (χ0n) is 20.4. The van der Waals surface area contributed by atoms with E-state index in [0.29, 0.717) is 31.6 Å². The number of carbonyl (C=O) groups excluding carboxylic acids is 2. The molecule has 1 aliphatic heterocycles. The van der Waals surface area contributed by atoms with Gasteiger partial charge in [0, 0.05) is 31.1 Å². The summed E-state index contributed by atoms with van der Waals surface area (Å²) < 4.78 is 13.5. The van der Waals surface area contributed by atoms with Gasteiger partial charge in [-0.1, -0.05) is 17.7 Å². The summed E-state index contributed by atoms with van der Waals surface area (Å²) in [5.41, 5.74) is 1.77. The second-order valence-electron chi connectivity index (χ2n) is 9.54. The van der Waals surface area contributed by atoms with Crippen molar-refractivity contribution in [3.8, 4) is 11.5 Å². The first kappa shape index (κ1) is 23.8. The number of pyridine rings is 1. The van der Waals surface area contributed by atoms with Gasteiger partial charge in [0.05, 0.1) is 18.4 Å². The summed E-state index contributed by atoms with van der Waals surface area (Å²) in [6, 6.07) is 11.6. The first-order valence-corrected chi connectivity index (χ1v) is 12.4. The standard InChI is InChI=1S/C27H31N5O4/c1-19-4-6-22(7-5-19)35-24-3-2-12-31(17-24)26(33)18-32-16-21(15-29-32)30-27(34)20-13-25(14-20)36-23-8-10-28-11-9-23/h4-11,15-16,20,24-25H,2-3,12-14,17-18H2,1H3,(H,30,34)/t20?,24-,25?/m0/s1. The lowest BCUT2D eigenvalue weighted by Crippen LogP contribution is -2.45. The van der Waals surface area contributed by atoms with Crippen LogP contribution in [0.2, 0.25) is 0 Å². The third kappa shape index (κ3) is 6.02. The smallest absolute Gasteiger partial charge is 0.244 e. The molecular weight excluding hydrogens is 458 g/mol. The van der Waals surface area contributed by atoms with Crippen molar-refractivity contribution < 1.29 is 19.1 Å². The Morgan fingerprint density at radius 2 is 1.75 bits per heavy atom. The SMILES string of the molecule is Cc1ccc(O[C@H]2CCCN(C(=O)Cn3cc(NC(=O)C4CC(Oc5ccncc5)C4)cn3)C2)cc1. The highest BCUT2D eigenvalue weighted by Crippen LogP contribution is 2.32. The van der Waals surface area contributed by atoms with Crippen LogP contribution in [0.4, 0.5) is 5.69 Å². The van der Waals surface area contributed by atoms with Crippen molar-refractivity contribution >= 4 is 17.5 Å². The van der Waals surface area contributed by atoms with Crippen LogP contribution >= 0.6 is 0 Å². The van der Waals surface area contributed by atoms with Gasteiger partial charge in [0.15, 0.2) is 0 Å². The molecule has 1 saturated carbocycles. The maximum absolute atomic E-state index is 12.9. The number of nitrogens with zero attached hydrogens (tertiary/aromatic N) is 4. The molecule has 2 fully saturated rings. The number of carbonyl (C=O) groups is 2. The Morgan fingerprint density at radius 1 is 1.03 bits per heavy atom. The number of amides is 2. The monoisotopic (exact) mass is 489 g/mol. The Balaban J connectivity index is 1.06. The average molecular weight is 490 g/mol. The highest BCUT2D eigenvalue weighted by atomic mass is 16.5. The molecule has 1 saturated heterocycles. The molecule has 188 valence electrons. The molecule has 0 radical (unpaired) electrons. The van der Waals surface area contributed by atoms with Gasteiger partial charge in [0.2, 0.25) is 11.8 Å². The number of aryl methyl sites for hydroxylation is 1. The summed E-state index contributed by atoms with van der Waals surface area (Å²) in [6.45, 7) is 3.43. The molecule has 5 rings (SSSR count). The van der Waals surface area contributed by atoms with Gasteiger partial charge in [-0.15, -0.1) is 0 Å². The van der Waals surface area contributed by atoms with Crippen LogP contribution in [0.5, 0.6) is 11.5 Å². The van der Waals surface area contributed by atoms with E-state index in [-0.39, 0.29) is 36.5 Å². The number of ether oxygens (including phenoxy) is 2. The van der Waals surface area contributed by atoms with Gasteiger partial charge in [-0.2, -0.15) is 5.10 Å². The topological polar surface area (TPSA) is 98.6 Å². The van der Waals surface area contributed by atoms with Crippen molar-refractivity contribution in [3.05, 3.63) is 66.7 Å². The molecule has 2 amide bonds. The number of rotatable bonds is 8. The molecule has 0 spiro atoms. The van der Waals surface area contributed by atoms with Gasteiger partial charge in [-0.05, 0) is 56.9 Å². The Kier molecular flexibility index (Phi) is 7.16. The van der Waals surface area contributed by atoms with E-state index in [9.17, 15) is 9.59 Å². The van der Waals surface area contributed by atoms with Gasteiger partial charge in [-0.25, -0.2) is 0 Å². The summed E-state index contributed by atoms with van der Waals surface area (Å²) in [7, 11) is 0. The zero-order chi connectivity index (χ0) is 24.9. The van der Waals surface area contributed by atoms with Gasteiger partial charge in [0.25, 0.3) is 0 Å². The second-order valence-corrected chi connectivity index (χ2v) is 9.54. The third-order valence-corrected chi connectivity index (χ3v) is 6.67. The number of aromatic nitrogens is 3. The predicted octanol–water partition coefficient (Wildman–Crippen LogP) is 3.45. The van der Waals surface area contributed by atoms with E-state index in [4.69, 9.17) is 9.47 Å². The number of benzene rings is 1. The summed E-state index contributed by atoms with van der Waals surface area (Å²) in [6.07, 6.45) is 9.81. The quantitative estimate of drug-likeness (QED) is 0.520. The number of hydrogen-bond acceptors (Lipinski definition) is 6. The molecule has 1 atom stereocenters. The van der Waals surface area contributed by atoms with E-state index in [2.05, 4.69) is 15.4 Å². The number of hydrogen-bond donors (Lipinski definition) is 1. The molecular formula is C27H31N5O4. The summed E-state index contributed by atoms with van der Waals surface area (Å²) in [4.78, 5) is 31.3. The molecule has 9 nitrogen and oxygen atoms in total. The molecule has 1 aliphatic carbocycles. The molecule has 1 N–H and O–H groups in total. The fourth-order valence-electron chi connectivity index (χ4n) is 4.55. The fraction of sp³-hybridized carbons (Fsp3) is 0.407. The Bertz CT molecular complexity index is 1170. The molecule has 1 aromatic carbocycles. The van der Waals surface area contributed by atoms with E-state index in [1.807, 2.05) is 48.2 Å². The normalized spacial score (nSPS) is 21.4. The molecule has 0 unspecified atom stereocenters. The Morgan fingerprint density at radius 3 is 2.53 bits per heavy atom. The van der Waals surface area contributed by atoms with Crippen LogP contribution in [-0.2, 0) is 16.1 Å². The predicted molar refractivity (Wildman–Crippen MR) is 134 cm³/mol. The van der Waals surface area contributed by atoms with Gasteiger partial charge in [-0.3, -0.25) is 19.3 Å². The third-order valence-electron chi connectivity index (χ3n) is 6.67. The van der Waals surface area contributed by atoms with E-state index in [1.165, 1.54) is 5.56 Å². The molecule has 3 heterocycles. The minimum absolute atomic E-state index is 0.0109. The highest BCUT2D eigenvalue weighted by molar-refractivity contribution is 5.93. The van der Waals surface area contributed by atoms with Crippen molar-refractivity contribution in [1.82, 2.24) is 19.7 Å². The minimum Gasteiger partial charge on any atom is -0.490 e. The lowest BCUT2D eigenvalue weighted by molar-refractivity contribution is -0.134. The van der Waals surface area contributed by atoms with Crippen LogP contribution in [0.3, 0.4) is 0 Å². The van der Waals surface area contributed by atoms with Crippen LogP contribution in [0.25, 0.3) is 0 Å². The molecule has 0 bridgehead atoms.